The number of benzene rings is 3. The normalized spacial score (nSPS) is 12.5. The highest BCUT2D eigenvalue weighted by Crippen LogP contribution is 2.37. The third-order valence-corrected chi connectivity index (χ3v) is 7.72. The van der Waals surface area contributed by atoms with Gasteiger partial charge in [-0.3, -0.25) is 4.31 Å². The zero-order valence-corrected chi connectivity index (χ0v) is 20.3. The van der Waals surface area contributed by atoms with Crippen LogP contribution in [0.25, 0.3) is 0 Å². The molecular weight excluding hydrogens is 496 g/mol. The van der Waals surface area contributed by atoms with Crippen molar-refractivity contribution in [3.05, 3.63) is 101 Å². The molecule has 0 fully saturated rings. The van der Waals surface area contributed by atoms with E-state index >= 15 is 0 Å². The molecule has 0 amide bonds. The highest BCUT2D eigenvalue weighted by atomic mass is 35.5. The number of halogens is 3. The van der Waals surface area contributed by atoms with Crippen LogP contribution in [0.3, 0.4) is 0 Å². The van der Waals surface area contributed by atoms with Crippen LogP contribution in [0.15, 0.2) is 78.0 Å². The van der Waals surface area contributed by atoms with Crippen molar-refractivity contribution in [1.29, 1.82) is 0 Å². The summed E-state index contributed by atoms with van der Waals surface area (Å²) in [6.07, 6.45) is 2.60. The van der Waals surface area contributed by atoms with Crippen molar-refractivity contribution in [3.8, 4) is 0 Å². The van der Waals surface area contributed by atoms with Gasteiger partial charge in [0.15, 0.2) is 6.33 Å². The number of anilines is 1. The van der Waals surface area contributed by atoms with Crippen molar-refractivity contribution >= 4 is 27.3 Å². The third-order valence-electron chi connectivity index (χ3n) is 5.57. The second-order valence-electron chi connectivity index (χ2n) is 7.86. The summed E-state index contributed by atoms with van der Waals surface area (Å²) in [5.74, 6) is -1.61. The van der Waals surface area contributed by atoms with Crippen LogP contribution in [-0.4, -0.2) is 28.6 Å². The predicted octanol–water partition coefficient (Wildman–Crippen LogP) is 5.19. The van der Waals surface area contributed by atoms with Crippen molar-refractivity contribution in [2.24, 2.45) is 0 Å². The maximum Gasteiger partial charge on any atom is 0.264 e. The zero-order valence-electron chi connectivity index (χ0n) is 18.7. The van der Waals surface area contributed by atoms with Gasteiger partial charge in [-0.05, 0) is 72.5 Å². The molecule has 0 aliphatic heterocycles. The Kier molecular flexibility index (Phi) is 7.42. The van der Waals surface area contributed by atoms with E-state index in [1.54, 1.807) is 19.1 Å². The van der Waals surface area contributed by atoms with Gasteiger partial charge in [0, 0.05) is 11.1 Å². The summed E-state index contributed by atoms with van der Waals surface area (Å²) >= 11 is 5.94. The average Bonchev–Trinajstić information content (AvgIpc) is 3.35. The van der Waals surface area contributed by atoms with Gasteiger partial charge in [0.05, 0.1) is 23.2 Å². The molecule has 0 radical (unpaired) electrons. The summed E-state index contributed by atoms with van der Waals surface area (Å²) in [5, 5.41) is 11.9. The van der Waals surface area contributed by atoms with Gasteiger partial charge in [-0.25, -0.2) is 17.2 Å². The summed E-state index contributed by atoms with van der Waals surface area (Å²) in [7, 11) is -4.29. The number of tetrazole rings is 1. The largest absolute Gasteiger partial charge is 0.264 e. The van der Waals surface area contributed by atoms with Gasteiger partial charge in [-0.1, -0.05) is 35.9 Å². The van der Waals surface area contributed by atoms with E-state index < -0.39 is 27.7 Å². The number of aryl methyl sites for hydroxylation is 2. The number of hydrogen-bond acceptors (Lipinski definition) is 5. The molecule has 1 unspecified atom stereocenters. The summed E-state index contributed by atoms with van der Waals surface area (Å²) in [5.41, 5.74) is 1.16. The second-order valence-corrected chi connectivity index (χ2v) is 10.1. The summed E-state index contributed by atoms with van der Waals surface area (Å²) in [6.45, 7) is 2.17. The molecule has 1 heterocycles. The molecule has 1 aromatic heterocycles. The second kappa shape index (κ2) is 10.5. The van der Waals surface area contributed by atoms with E-state index in [-0.39, 0.29) is 10.6 Å². The molecule has 0 aliphatic carbocycles. The van der Waals surface area contributed by atoms with Crippen molar-refractivity contribution in [2.75, 3.05) is 4.31 Å². The lowest BCUT2D eigenvalue weighted by Crippen LogP contribution is -2.35. The highest BCUT2D eigenvalue weighted by Gasteiger charge is 2.33. The fourth-order valence-corrected chi connectivity index (χ4v) is 5.68. The van der Waals surface area contributed by atoms with Crippen molar-refractivity contribution in [1.82, 2.24) is 20.2 Å². The number of rotatable bonds is 9. The molecule has 35 heavy (non-hydrogen) atoms. The number of sulfonamides is 1. The summed E-state index contributed by atoms with van der Waals surface area (Å²) < 4.78 is 57.6. The Labute approximate surface area is 207 Å². The standard InChI is InChI=1S/C24H22ClF2N5O2S/c1-17(22-7-3-2-5-18(22)6-4-14-31-29-16-28-30-31)32(24-15-20(26)10-13-23(24)27)35(33,34)21-11-8-19(25)9-12-21/h2-3,5,7-13,15-17H,4,6,14H2,1H3. The van der Waals surface area contributed by atoms with Crippen LogP contribution < -0.4 is 4.31 Å². The van der Waals surface area contributed by atoms with E-state index in [0.29, 0.717) is 30.0 Å². The van der Waals surface area contributed by atoms with E-state index in [0.717, 1.165) is 28.1 Å². The van der Waals surface area contributed by atoms with Gasteiger partial charge >= 0.3 is 0 Å². The van der Waals surface area contributed by atoms with Gasteiger partial charge < -0.3 is 0 Å². The molecule has 0 aliphatic rings. The van der Waals surface area contributed by atoms with Crippen molar-refractivity contribution in [3.63, 3.8) is 0 Å². The van der Waals surface area contributed by atoms with Crippen LogP contribution >= 0.6 is 11.6 Å². The Morgan fingerprint density at radius 3 is 2.51 bits per heavy atom. The smallest absolute Gasteiger partial charge is 0.256 e. The molecule has 182 valence electrons. The Morgan fingerprint density at radius 2 is 1.80 bits per heavy atom. The maximum atomic E-state index is 14.9. The molecule has 1 atom stereocenters. The molecule has 0 bridgehead atoms. The Hall–Kier alpha value is -3.37. The van der Waals surface area contributed by atoms with E-state index in [1.807, 2.05) is 12.1 Å². The van der Waals surface area contributed by atoms with Crippen LogP contribution in [0.1, 0.15) is 30.5 Å². The van der Waals surface area contributed by atoms with Crippen molar-refractivity contribution < 1.29 is 17.2 Å². The SMILES string of the molecule is CC(c1ccccc1CCCn1ncnn1)N(c1cc(F)ccc1F)S(=O)(=O)c1ccc(Cl)cc1. The van der Waals surface area contributed by atoms with E-state index in [9.17, 15) is 17.2 Å². The first-order valence-corrected chi connectivity index (χ1v) is 12.6. The van der Waals surface area contributed by atoms with Crippen LogP contribution in [-0.2, 0) is 23.0 Å². The molecule has 4 rings (SSSR count). The van der Waals surface area contributed by atoms with Gasteiger partial charge in [0.1, 0.15) is 11.6 Å². The first-order valence-electron chi connectivity index (χ1n) is 10.8. The Bertz CT molecular complexity index is 1400. The Balaban J connectivity index is 1.75. The minimum atomic E-state index is -4.29. The van der Waals surface area contributed by atoms with Crippen LogP contribution in [0.4, 0.5) is 14.5 Å². The van der Waals surface area contributed by atoms with Gasteiger partial charge in [-0.2, -0.15) is 4.80 Å². The fraction of sp³-hybridized carbons (Fsp3) is 0.208. The first kappa shape index (κ1) is 24.7. The minimum absolute atomic E-state index is 0.0906. The maximum absolute atomic E-state index is 14.9. The lowest BCUT2D eigenvalue weighted by Gasteiger charge is -2.32. The van der Waals surface area contributed by atoms with Crippen LogP contribution in [0, 0.1) is 11.6 Å². The number of aromatic nitrogens is 4. The quantitative estimate of drug-likeness (QED) is 0.305. The predicted molar refractivity (Wildman–Crippen MR) is 128 cm³/mol. The molecule has 7 nitrogen and oxygen atoms in total. The van der Waals surface area contributed by atoms with E-state index in [4.69, 9.17) is 11.6 Å². The van der Waals surface area contributed by atoms with Crippen LogP contribution in [0.5, 0.6) is 0 Å². The monoisotopic (exact) mass is 517 g/mol. The van der Waals surface area contributed by atoms with Gasteiger partial charge in [0.25, 0.3) is 10.0 Å². The average molecular weight is 518 g/mol. The topological polar surface area (TPSA) is 81.0 Å². The van der Waals surface area contributed by atoms with Gasteiger partial charge in [0.2, 0.25) is 0 Å². The molecular formula is C24H22ClF2N5O2S. The molecule has 0 saturated heterocycles. The van der Waals surface area contributed by atoms with E-state index in [1.165, 1.54) is 35.4 Å². The lowest BCUT2D eigenvalue weighted by molar-refractivity contribution is 0.499. The number of hydrogen-bond donors (Lipinski definition) is 0. The molecule has 3 aromatic carbocycles. The summed E-state index contributed by atoms with van der Waals surface area (Å²) in [6, 6.07) is 14.7. The molecule has 0 saturated carbocycles. The number of nitrogens with zero attached hydrogens (tertiary/aromatic N) is 5. The zero-order chi connectivity index (χ0) is 25.0. The summed E-state index contributed by atoms with van der Waals surface area (Å²) in [4.78, 5) is 1.37. The lowest BCUT2D eigenvalue weighted by atomic mass is 9.97. The van der Waals surface area contributed by atoms with Crippen molar-refractivity contribution in [2.45, 2.75) is 37.2 Å². The molecule has 4 aromatic rings. The third kappa shape index (κ3) is 5.49. The molecule has 0 N–H and O–H groups in total. The first-order chi connectivity index (χ1) is 16.8. The molecule has 0 spiro atoms. The highest BCUT2D eigenvalue weighted by molar-refractivity contribution is 7.92. The minimum Gasteiger partial charge on any atom is -0.256 e. The Morgan fingerprint density at radius 1 is 1.06 bits per heavy atom. The van der Waals surface area contributed by atoms with Crippen LogP contribution in [0.2, 0.25) is 5.02 Å². The fourth-order valence-electron chi connectivity index (χ4n) is 3.92. The van der Waals surface area contributed by atoms with E-state index in [2.05, 4.69) is 15.4 Å². The van der Waals surface area contributed by atoms with Gasteiger partial charge in [-0.15, -0.1) is 10.2 Å². The molecule has 11 heteroatoms.